The van der Waals surface area contributed by atoms with Crippen LogP contribution in [0, 0.1) is 0 Å². The molecule has 6 nitrogen and oxygen atoms in total. The predicted molar refractivity (Wildman–Crippen MR) is 66.8 cm³/mol. The summed E-state index contributed by atoms with van der Waals surface area (Å²) >= 11 is 0. The van der Waals surface area contributed by atoms with Crippen molar-refractivity contribution >= 4 is 11.8 Å². The third kappa shape index (κ3) is 3.58. The zero-order chi connectivity index (χ0) is 13.1. The molecule has 1 atom stereocenters. The topological polar surface area (TPSA) is 95.1 Å². The van der Waals surface area contributed by atoms with E-state index in [1.165, 1.54) is 6.07 Å². The molecule has 0 spiro atoms. The zero-order valence-corrected chi connectivity index (χ0v) is 10.3. The maximum absolute atomic E-state index is 11.5. The number of carboxylic acids is 1. The van der Waals surface area contributed by atoms with E-state index in [-0.39, 0.29) is 18.0 Å². The van der Waals surface area contributed by atoms with E-state index in [0.29, 0.717) is 18.2 Å². The highest BCUT2D eigenvalue weighted by molar-refractivity contribution is 5.66. The first-order chi connectivity index (χ1) is 8.54. The Labute approximate surface area is 104 Å². The first kappa shape index (κ1) is 12.6. The largest absolute Gasteiger partial charge is 0.481 e. The third-order valence-corrected chi connectivity index (χ3v) is 2.91. The van der Waals surface area contributed by atoms with Crippen LogP contribution in [0.5, 0.6) is 0 Å². The lowest BCUT2D eigenvalue weighted by molar-refractivity contribution is -0.137. The summed E-state index contributed by atoms with van der Waals surface area (Å²) in [6, 6.07) is 1.38. The molecule has 1 unspecified atom stereocenters. The Morgan fingerprint density at radius 2 is 2.39 bits per heavy atom. The van der Waals surface area contributed by atoms with Gasteiger partial charge in [-0.05, 0) is 26.2 Å². The molecular weight excluding hydrogens is 234 g/mol. The molecule has 1 aromatic rings. The quantitative estimate of drug-likeness (QED) is 0.708. The molecule has 1 aliphatic carbocycles. The highest BCUT2D eigenvalue weighted by Crippen LogP contribution is 2.37. The Bertz CT molecular complexity index is 494. The van der Waals surface area contributed by atoms with Crippen molar-refractivity contribution in [3.05, 3.63) is 22.2 Å². The number of aromatic amines is 1. The van der Waals surface area contributed by atoms with Crippen LogP contribution in [0.4, 0.5) is 5.82 Å². The summed E-state index contributed by atoms with van der Waals surface area (Å²) < 4.78 is 0. The van der Waals surface area contributed by atoms with E-state index in [0.717, 1.165) is 18.7 Å². The minimum atomic E-state index is -0.818. The van der Waals surface area contributed by atoms with Crippen LogP contribution in [0.3, 0.4) is 0 Å². The summed E-state index contributed by atoms with van der Waals surface area (Å²) in [4.78, 5) is 29.0. The number of carboxylic acid groups (broad SMARTS) is 1. The molecule has 1 fully saturated rings. The van der Waals surface area contributed by atoms with Gasteiger partial charge in [0.15, 0.2) is 0 Å². The summed E-state index contributed by atoms with van der Waals surface area (Å²) in [6.07, 6.45) is 2.75. The Hall–Kier alpha value is -1.85. The standard InChI is InChI=1S/C12H17N3O3/c1-7(2-5-11(17)18)13-9-6-10(16)15-12(14-9)8-3-4-8/h6-8H,2-5H2,1H3,(H,17,18)(H2,13,14,15,16). The summed E-state index contributed by atoms with van der Waals surface area (Å²) in [6.45, 7) is 1.88. The first-order valence-electron chi connectivity index (χ1n) is 6.14. The molecule has 1 aliphatic rings. The predicted octanol–water partition coefficient (Wildman–Crippen LogP) is 1.31. The highest BCUT2D eigenvalue weighted by atomic mass is 16.4. The van der Waals surface area contributed by atoms with Crippen LogP contribution in [0.1, 0.15) is 44.3 Å². The van der Waals surface area contributed by atoms with E-state index in [1.807, 2.05) is 6.92 Å². The van der Waals surface area contributed by atoms with Gasteiger partial charge in [0.1, 0.15) is 11.6 Å². The van der Waals surface area contributed by atoms with Crippen LogP contribution >= 0.6 is 0 Å². The number of H-pyrrole nitrogens is 1. The number of nitrogens with one attached hydrogen (secondary N) is 2. The fraction of sp³-hybridized carbons (Fsp3) is 0.583. The molecule has 0 bridgehead atoms. The van der Waals surface area contributed by atoms with E-state index in [4.69, 9.17) is 5.11 Å². The van der Waals surface area contributed by atoms with Gasteiger partial charge in [0, 0.05) is 24.4 Å². The van der Waals surface area contributed by atoms with Crippen LogP contribution in [-0.4, -0.2) is 27.1 Å². The number of rotatable bonds is 6. The number of aromatic nitrogens is 2. The molecular formula is C12H17N3O3. The number of nitrogens with zero attached hydrogens (tertiary/aromatic N) is 1. The Kier molecular flexibility index (Phi) is 3.64. The van der Waals surface area contributed by atoms with Crippen LogP contribution in [0.2, 0.25) is 0 Å². The fourth-order valence-corrected chi connectivity index (χ4v) is 1.77. The number of carbonyl (C=O) groups is 1. The van der Waals surface area contributed by atoms with Crippen molar-refractivity contribution < 1.29 is 9.90 Å². The lowest BCUT2D eigenvalue weighted by Crippen LogP contribution is -2.20. The summed E-state index contributed by atoms with van der Waals surface area (Å²) in [5, 5.41) is 11.7. The number of hydrogen-bond acceptors (Lipinski definition) is 4. The van der Waals surface area contributed by atoms with Gasteiger partial charge in [0.05, 0.1) is 0 Å². The van der Waals surface area contributed by atoms with E-state index < -0.39 is 5.97 Å². The molecule has 0 amide bonds. The molecule has 0 aromatic carbocycles. The van der Waals surface area contributed by atoms with Gasteiger partial charge in [-0.2, -0.15) is 0 Å². The lowest BCUT2D eigenvalue weighted by Gasteiger charge is -2.13. The van der Waals surface area contributed by atoms with E-state index >= 15 is 0 Å². The molecule has 6 heteroatoms. The average Bonchev–Trinajstić information content (AvgIpc) is 3.09. The van der Waals surface area contributed by atoms with Gasteiger partial charge in [-0.15, -0.1) is 0 Å². The molecule has 98 valence electrons. The highest BCUT2D eigenvalue weighted by Gasteiger charge is 2.26. The van der Waals surface area contributed by atoms with Gasteiger partial charge in [-0.1, -0.05) is 0 Å². The third-order valence-electron chi connectivity index (χ3n) is 2.91. The van der Waals surface area contributed by atoms with Crippen molar-refractivity contribution in [1.82, 2.24) is 9.97 Å². The van der Waals surface area contributed by atoms with Crippen molar-refractivity contribution in [2.75, 3.05) is 5.32 Å². The summed E-state index contributed by atoms with van der Waals surface area (Å²) in [5.74, 6) is 0.823. The van der Waals surface area contributed by atoms with Crippen LogP contribution in [0.25, 0.3) is 0 Å². The van der Waals surface area contributed by atoms with E-state index in [2.05, 4.69) is 15.3 Å². The van der Waals surface area contributed by atoms with Crippen molar-refractivity contribution in [2.45, 2.75) is 44.6 Å². The van der Waals surface area contributed by atoms with Crippen molar-refractivity contribution in [3.63, 3.8) is 0 Å². The Morgan fingerprint density at radius 3 is 3.00 bits per heavy atom. The van der Waals surface area contributed by atoms with E-state index in [9.17, 15) is 9.59 Å². The van der Waals surface area contributed by atoms with Crippen LogP contribution in [-0.2, 0) is 4.79 Å². The first-order valence-corrected chi connectivity index (χ1v) is 6.14. The second-order valence-electron chi connectivity index (χ2n) is 4.77. The van der Waals surface area contributed by atoms with Gasteiger partial charge >= 0.3 is 5.97 Å². The van der Waals surface area contributed by atoms with Gasteiger partial charge in [0.2, 0.25) is 0 Å². The Morgan fingerprint density at radius 1 is 1.67 bits per heavy atom. The molecule has 0 radical (unpaired) electrons. The number of hydrogen-bond donors (Lipinski definition) is 3. The van der Waals surface area contributed by atoms with Gasteiger partial charge in [0.25, 0.3) is 5.56 Å². The average molecular weight is 251 g/mol. The van der Waals surface area contributed by atoms with Crippen LogP contribution < -0.4 is 10.9 Å². The normalized spacial score (nSPS) is 16.3. The molecule has 18 heavy (non-hydrogen) atoms. The molecule has 1 saturated carbocycles. The Balaban J connectivity index is 1.99. The van der Waals surface area contributed by atoms with Crippen molar-refractivity contribution in [3.8, 4) is 0 Å². The second-order valence-corrected chi connectivity index (χ2v) is 4.77. The summed E-state index contributed by atoms with van der Waals surface area (Å²) in [7, 11) is 0. The van der Waals surface area contributed by atoms with Gasteiger partial charge in [-0.25, -0.2) is 4.98 Å². The monoisotopic (exact) mass is 251 g/mol. The molecule has 1 aromatic heterocycles. The van der Waals surface area contributed by atoms with Crippen molar-refractivity contribution in [1.29, 1.82) is 0 Å². The lowest BCUT2D eigenvalue weighted by atomic mass is 10.2. The van der Waals surface area contributed by atoms with Crippen molar-refractivity contribution in [2.24, 2.45) is 0 Å². The van der Waals surface area contributed by atoms with E-state index in [1.54, 1.807) is 0 Å². The molecule has 0 aliphatic heterocycles. The summed E-state index contributed by atoms with van der Waals surface area (Å²) in [5.41, 5.74) is -0.167. The SMILES string of the molecule is CC(CCC(=O)O)Nc1cc(=O)[nH]c(C2CC2)n1. The van der Waals surface area contributed by atoms with Gasteiger partial charge < -0.3 is 15.4 Å². The van der Waals surface area contributed by atoms with Crippen LogP contribution in [0.15, 0.2) is 10.9 Å². The maximum Gasteiger partial charge on any atom is 0.303 e. The molecule has 0 saturated heterocycles. The maximum atomic E-state index is 11.5. The molecule has 1 heterocycles. The van der Waals surface area contributed by atoms with Gasteiger partial charge in [-0.3, -0.25) is 9.59 Å². The number of aliphatic carboxylic acids is 1. The minimum absolute atomic E-state index is 0.0255. The second kappa shape index (κ2) is 5.20. The molecule has 3 N–H and O–H groups in total. The smallest absolute Gasteiger partial charge is 0.303 e. The minimum Gasteiger partial charge on any atom is -0.481 e. The number of anilines is 1. The molecule has 2 rings (SSSR count). The zero-order valence-electron chi connectivity index (χ0n) is 10.3. The fourth-order valence-electron chi connectivity index (χ4n) is 1.77.